The van der Waals surface area contributed by atoms with E-state index in [0.717, 1.165) is 11.1 Å². The maximum atomic E-state index is 12.7. The second kappa shape index (κ2) is 8.75. The summed E-state index contributed by atoms with van der Waals surface area (Å²) in [6.45, 7) is 0.549. The van der Waals surface area contributed by atoms with Gasteiger partial charge >= 0.3 is 5.97 Å². The molecule has 1 aliphatic heterocycles. The number of methoxy groups -OCH3 is 3. The largest absolute Gasteiger partial charge is 0.497 e. The van der Waals surface area contributed by atoms with Gasteiger partial charge < -0.3 is 19.5 Å². The molecule has 7 nitrogen and oxygen atoms in total. The number of fused-ring (bicyclic) bond motifs is 1. The number of nitrogens with one attached hydrogen (secondary N) is 1. The molecule has 0 spiro atoms. The van der Waals surface area contributed by atoms with Crippen molar-refractivity contribution < 1.29 is 23.8 Å². The molecule has 2 aromatic rings. The van der Waals surface area contributed by atoms with E-state index >= 15 is 0 Å². The van der Waals surface area contributed by atoms with Crippen molar-refractivity contribution in [3.63, 3.8) is 0 Å². The third-order valence-corrected chi connectivity index (χ3v) is 4.85. The number of ether oxygens (including phenoxy) is 3. The van der Waals surface area contributed by atoms with Crippen LogP contribution >= 0.6 is 0 Å². The average Bonchev–Trinajstić information content (AvgIpc) is 2.72. The molecule has 0 unspecified atom stereocenters. The van der Waals surface area contributed by atoms with Crippen molar-refractivity contribution >= 4 is 17.6 Å². The molecule has 0 aliphatic carbocycles. The lowest BCUT2D eigenvalue weighted by atomic mass is 9.94. The molecule has 7 heteroatoms. The Labute approximate surface area is 164 Å². The van der Waals surface area contributed by atoms with Gasteiger partial charge in [0.2, 0.25) is 5.91 Å². The van der Waals surface area contributed by atoms with Crippen LogP contribution in [0.4, 0.5) is 5.69 Å². The molecule has 0 saturated carbocycles. The van der Waals surface area contributed by atoms with Crippen LogP contribution in [0.25, 0.3) is 0 Å². The molecule has 1 amide bonds. The summed E-state index contributed by atoms with van der Waals surface area (Å²) < 4.78 is 15.5. The lowest BCUT2D eigenvalue weighted by Gasteiger charge is -2.34. The topological polar surface area (TPSA) is 77.1 Å². The van der Waals surface area contributed by atoms with E-state index in [9.17, 15) is 9.59 Å². The number of esters is 1. The standard InChI is InChI=1S/C21H24N2O5/c1-26-16-8-9-19(27-2)17(11-16)22-20(24)13-23-12-15-7-5-4-6-14(15)10-18(23)21(25)28-3/h4-9,11,18H,10,12-13H2,1-3H3,(H,22,24)/t18-/m0/s1. The van der Waals surface area contributed by atoms with Gasteiger partial charge in [-0.25, -0.2) is 0 Å². The molecular formula is C21H24N2O5. The highest BCUT2D eigenvalue weighted by Gasteiger charge is 2.33. The predicted molar refractivity (Wildman–Crippen MR) is 105 cm³/mol. The number of anilines is 1. The van der Waals surface area contributed by atoms with Crippen LogP contribution in [0.2, 0.25) is 0 Å². The summed E-state index contributed by atoms with van der Waals surface area (Å²) in [5.41, 5.74) is 2.72. The van der Waals surface area contributed by atoms with Crippen LogP contribution in [0.3, 0.4) is 0 Å². The van der Waals surface area contributed by atoms with Gasteiger partial charge in [-0.1, -0.05) is 24.3 Å². The molecule has 0 bridgehead atoms. The van der Waals surface area contributed by atoms with Crippen LogP contribution in [0, 0.1) is 0 Å². The number of benzene rings is 2. The first-order valence-corrected chi connectivity index (χ1v) is 8.96. The zero-order chi connectivity index (χ0) is 20.1. The summed E-state index contributed by atoms with van der Waals surface area (Å²) >= 11 is 0. The average molecular weight is 384 g/mol. The summed E-state index contributed by atoms with van der Waals surface area (Å²) in [4.78, 5) is 26.8. The Morgan fingerprint density at radius 2 is 1.82 bits per heavy atom. The second-order valence-corrected chi connectivity index (χ2v) is 6.53. The molecule has 3 rings (SSSR count). The molecule has 28 heavy (non-hydrogen) atoms. The van der Waals surface area contributed by atoms with E-state index in [0.29, 0.717) is 30.2 Å². The van der Waals surface area contributed by atoms with Crippen molar-refractivity contribution in [3.8, 4) is 11.5 Å². The summed E-state index contributed by atoms with van der Waals surface area (Å²) in [7, 11) is 4.45. The molecule has 1 N–H and O–H groups in total. The Morgan fingerprint density at radius 1 is 1.07 bits per heavy atom. The predicted octanol–water partition coefficient (Wildman–Crippen LogP) is 2.24. The van der Waals surface area contributed by atoms with Gasteiger partial charge in [-0.2, -0.15) is 0 Å². The molecule has 1 atom stereocenters. The monoisotopic (exact) mass is 384 g/mol. The van der Waals surface area contributed by atoms with Crippen molar-refractivity contribution in [1.29, 1.82) is 0 Å². The maximum Gasteiger partial charge on any atom is 0.323 e. The van der Waals surface area contributed by atoms with Crippen LogP contribution in [0.5, 0.6) is 11.5 Å². The Hall–Kier alpha value is -3.06. The van der Waals surface area contributed by atoms with E-state index in [1.54, 1.807) is 25.3 Å². The van der Waals surface area contributed by atoms with E-state index < -0.39 is 6.04 Å². The Kier molecular flexibility index (Phi) is 6.16. The third kappa shape index (κ3) is 4.26. The van der Waals surface area contributed by atoms with Gasteiger partial charge in [0.05, 0.1) is 33.6 Å². The first kappa shape index (κ1) is 19.7. The highest BCUT2D eigenvalue weighted by atomic mass is 16.5. The lowest BCUT2D eigenvalue weighted by molar-refractivity contribution is -0.148. The molecule has 0 radical (unpaired) electrons. The van der Waals surface area contributed by atoms with Crippen LogP contribution < -0.4 is 14.8 Å². The third-order valence-electron chi connectivity index (χ3n) is 4.85. The Balaban J connectivity index is 1.77. The van der Waals surface area contributed by atoms with E-state index in [-0.39, 0.29) is 18.4 Å². The van der Waals surface area contributed by atoms with Gasteiger partial charge in [0.15, 0.2) is 0 Å². The maximum absolute atomic E-state index is 12.7. The first-order valence-electron chi connectivity index (χ1n) is 8.96. The summed E-state index contributed by atoms with van der Waals surface area (Å²) in [6.07, 6.45) is 0.513. The molecule has 0 aromatic heterocycles. The first-order chi connectivity index (χ1) is 13.5. The minimum absolute atomic E-state index is 0.0501. The minimum Gasteiger partial charge on any atom is -0.497 e. The number of hydrogen-bond donors (Lipinski definition) is 1. The number of hydrogen-bond acceptors (Lipinski definition) is 6. The molecule has 1 aliphatic rings. The fourth-order valence-corrected chi connectivity index (χ4v) is 3.40. The van der Waals surface area contributed by atoms with Gasteiger partial charge in [0.1, 0.15) is 17.5 Å². The SMILES string of the molecule is COC(=O)[C@@H]1Cc2ccccc2CN1CC(=O)Nc1cc(OC)ccc1OC. The Morgan fingerprint density at radius 3 is 2.50 bits per heavy atom. The molecule has 0 saturated heterocycles. The molecule has 148 valence electrons. The van der Waals surface area contributed by atoms with Crippen LogP contribution in [0.1, 0.15) is 11.1 Å². The number of rotatable bonds is 6. The van der Waals surface area contributed by atoms with Crippen molar-refractivity contribution in [2.24, 2.45) is 0 Å². The van der Waals surface area contributed by atoms with Crippen molar-refractivity contribution in [3.05, 3.63) is 53.6 Å². The zero-order valence-electron chi connectivity index (χ0n) is 16.2. The summed E-state index contributed by atoms with van der Waals surface area (Å²) in [5.74, 6) is 0.541. The van der Waals surface area contributed by atoms with Gasteiger partial charge in [-0.05, 0) is 29.7 Å². The number of carbonyl (C=O) groups excluding carboxylic acids is 2. The molecule has 2 aromatic carbocycles. The summed E-state index contributed by atoms with van der Waals surface area (Å²) in [5, 5.41) is 2.85. The summed E-state index contributed by atoms with van der Waals surface area (Å²) in [6, 6.07) is 12.6. The smallest absolute Gasteiger partial charge is 0.323 e. The van der Waals surface area contributed by atoms with Crippen LogP contribution in [0.15, 0.2) is 42.5 Å². The number of nitrogens with zero attached hydrogens (tertiary/aromatic N) is 1. The number of carbonyl (C=O) groups is 2. The van der Waals surface area contributed by atoms with Crippen molar-refractivity contribution in [2.75, 3.05) is 33.2 Å². The van der Waals surface area contributed by atoms with Crippen molar-refractivity contribution in [1.82, 2.24) is 4.90 Å². The van der Waals surface area contributed by atoms with E-state index in [1.165, 1.54) is 14.2 Å². The second-order valence-electron chi connectivity index (χ2n) is 6.53. The number of amides is 1. The zero-order valence-corrected chi connectivity index (χ0v) is 16.2. The van der Waals surface area contributed by atoms with Gasteiger partial charge in [-0.3, -0.25) is 14.5 Å². The fraction of sp³-hybridized carbons (Fsp3) is 0.333. The van der Waals surface area contributed by atoms with Gasteiger partial charge in [-0.15, -0.1) is 0 Å². The van der Waals surface area contributed by atoms with Gasteiger partial charge in [0.25, 0.3) is 0 Å². The highest BCUT2D eigenvalue weighted by Crippen LogP contribution is 2.29. The van der Waals surface area contributed by atoms with Gasteiger partial charge in [0, 0.05) is 12.6 Å². The van der Waals surface area contributed by atoms with E-state index in [2.05, 4.69) is 5.32 Å². The fourth-order valence-electron chi connectivity index (χ4n) is 3.40. The van der Waals surface area contributed by atoms with E-state index in [4.69, 9.17) is 14.2 Å². The highest BCUT2D eigenvalue weighted by molar-refractivity contribution is 5.94. The van der Waals surface area contributed by atoms with Crippen molar-refractivity contribution in [2.45, 2.75) is 19.0 Å². The molecule has 1 heterocycles. The normalized spacial score (nSPS) is 16.0. The quantitative estimate of drug-likeness (QED) is 0.770. The molecular weight excluding hydrogens is 360 g/mol. The van der Waals surface area contributed by atoms with E-state index in [1.807, 2.05) is 29.2 Å². The Bertz CT molecular complexity index is 868. The lowest BCUT2D eigenvalue weighted by Crippen LogP contribution is -2.49. The molecule has 0 fully saturated rings. The van der Waals surface area contributed by atoms with Crippen LogP contribution in [-0.2, 0) is 27.3 Å². The minimum atomic E-state index is -0.502. The van der Waals surface area contributed by atoms with Crippen LogP contribution in [-0.4, -0.2) is 50.7 Å².